The molecule has 0 saturated carbocycles. The SMILES string of the molecule is CO.O=P(O)(O)OP(=O)(O)OC(Cl)Cl.[KH]. The summed E-state index contributed by atoms with van der Waals surface area (Å²) in [4.78, 5) is 24.6. The molecule has 0 aliphatic carbocycles. The Hall–Kier alpha value is 2.44. The molecule has 13 heteroatoms. The Morgan fingerprint density at radius 1 is 1.13 bits per heavy atom. The van der Waals surface area contributed by atoms with Gasteiger partial charge in [-0.1, -0.05) is 23.2 Å². The first kappa shape index (κ1) is 22.6. The number of phosphoric acid groups is 2. The van der Waals surface area contributed by atoms with Crippen molar-refractivity contribution in [3.63, 3.8) is 0 Å². The maximum atomic E-state index is 10.5. The number of aliphatic hydroxyl groups excluding tert-OH is 1. The Balaban J connectivity index is -0.000000449. The molecule has 0 fully saturated rings. The summed E-state index contributed by atoms with van der Waals surface area (Å²) in [7, 11) is -9.00. The molecule has 1 unspecified atom stereocenters. The van der Waals surface area contributed by atoms with Crippen molar-refractivity contribution in [2.75, 3.05) is 7.11 Å². The van der Waals surface area contributed by atoms with Crippen LogP contribution in [0.15, 0.2) is 0 Å². The average Bonchev–Trinajstić information content (AvgIpc) is 1.82. The van der Waals surface area contributed by atoms with E-state index in [9.17, 15) is 9.13 Å². The number of rotatable bonds is 4. The molecule has 8 nitrogen and oxygen atoms in total. The molecule has 0 saturated heterocycles. The quantitative estimate of drug-likeness (QED) is 0.319. The van der Waals surface area contributed by atoms with Crippen molar-refractivity contribution in [3.05, 3.63) is 0 Å². The van der Waals surface area contributed by atoms with E-state index in [2.05, 4.69) is 8.83 Å². The van der Waals surface area contributed by atoms with Gasteiger partial charge in [0.15, 0.2) is 0 Å². The zero-order chi connectivity index (χ0) is 12.0. The van der Waals surface area contributed by atoms with E-state index < -0.39 is 20.7 Å². The second-order valence-electron chi connectivity index (χ2n) is 1.41. The molecule has 0 aromatic heterocycles. The standard InChI is InChI=1S/CH4Cl2O7P2.CH4O.K.H/c2-1(3)9-12(7,8)10-11(4,5)6;1-2;;/h1H,(H,7,8)(H2,4,5,6);2H,1H3;;. The molecule has 1 atom stereocenters. The van der Waals surface area contributed by atoms with Crippen LogP contribution in [0.25, 0.3) is 0 Å². The Kier molecular flexibility index (Phi) is 15.6. The third-order valence-corrected chi connectivity index (χ3v) is 3.00. The summed E-state index contributed by atoms with van der Waals surface area (Å²) < 4.78 is 27.6. The number of phosphoric ester groups is 1. The van der Waals surface area contributed by atoms with Gasteiger partial charge in [-0.3, -0.25) is 4.52 Å². The first-order chi connectivity index (χ1) is 6.12. The van der Waals surface area contributed by atoms with Crippen molar-refractivity contribution in [1.82, 2.24) is 0 Å². The van der Waals surface area contributed by atoms with Crippen molar-refractivity contribution in [2.45, 2.75) is 5.02 Å². The van der Waals surface area contributed by atoms with Crippen LogP contribution in [0.4, 0.5) is 0 Å². The Morgan fingerprint density at radius 2 is 1.47 bits per heavy atom. The van der Waals surface area contributed by atoms with Crippen LogP contribution in [-0.4, -0.2) is 83.3 Å². The van der Waals surface area contributed by atoms with Crippen molar-refractivity contribution in [2.24, 2.45) is 0 Å². The van der Waals surface area contributed by atoms with Gasteiger partial charge >= 0.3 is 67.0 Å². The molecule has 0 heterocycles. The van der Waals surface area contributed by atoms with Crippen molar-refractivity contribution in [1.29, 1.82) is 0 Å². The van der Waals surface area contributed by atoms with Crippen LogP contribution in [-0.2, 0) is 18.0 Å². The van der Waals surface area contributed by atoms with Gasteiger partial charge in [-0.25, -0.2) is 9.13 Å². The van der Waals surface area contributed by atoms with Crippen molar-refractivity contribution in [3.8, 4) is 0 Å². The van der Waals surface area contributed by atoms with Gasteiger partial charge in [-0.05, 0) is 0 Å². The molecule has 0 spiro atoms. The molecule has 0 aromatic carbocycles. The Bertz CT molecular complexity index is 241. The van der Waals surface area contributed by atoms with Crippen LogP contribution >= 0.6 is 38.8 Å². The minimum atomic E-state index is -5.10. The monoisotopic (exact) mass is 332 g/mol. The molecule has 4 N–H and O–H groups in total. The average molecular weight is 333 g/mol. The van der Waals surface area contributed by atoms with E-state index in [1.165, 1.54) is 0 Å². The van der Waals surface area contributed by atoms with Crippen LogP contribution in [0.3, 0.4) is 0 Å². The number of alkyl halides is 2. The second kappa shape index (κ2) is 10.4. The van der Waals surface area contributed by atoms with E-state index in [0.717, 1.165) is 7.11 Å². The molecule has 0 rings (SSSR count). The van der Waals surface area contributed by atoms with Gasteiger partial charge in [-0.15, -0.1) is 0 Å². The van der Waals surface area contributed by atoms with Crippen LogP contribution in [0.5, 0.6) is 0 Å². The number of halogens is 2. The fourth-order valence-electron chi connectivity index (χ4n) is 0.254. The first-order valence-corrected chi connectivity index (χ1v) is 6.53. The topological polar surface area (TPSA) is 134 Å². The van der Waals surface area contributed by atoms with Gasteiger partial charge in [0.1, 0.15) is 0 Å². The van der Waals surface area contributed by atoms with Gasteiger partial charge in [-0.2, -0.15) is 4.31 Å². The van der Waals surface area contributed by atoms with E-state index in [1.807, 2.05) is 0 Å². The predicted octanol–water partition coefficient (Wildman–Crippen LogP) is -0.0661. The summed E-state index contributed by atoms with van der Waals surface area (Å²) in [5.74, 6) is 0. The summed E-state index contributed by atoms with van der Waals surface area (Å²) in [6, 6.07) is 0. The molecule has 0 aliphatic rings. The Morgan fingerprint density at radius 3 is 1.67 bits per heavy atom. The van der Waals surface area contributed by atoms with Gasteiger partial charge in [0, 0.05) is 7.11 Å². The first-order valence-electron chi connectivity index (χ1n) is 2.63. The zero-order valence-electron chi connectivity index (χ0n) is 6.65. The molecule has 0 amide bonds. The third-order valence-electron chi connectivity index (χ3n) is 0.422. The van der Waals surface area contributed by atoms with Crippen molar-refractivity contribution >= 4 is 90.2 Å². The Labute approximate surface area is 138 Å². The maximum absolute atomic E-state index is 10.5. The van der Waals surface area contributed by atoms with Crippen LogP contribution in [0, 0.1) is 0 Å². The fraction of sp³-hybridized carbons (Fsp3) is 1.00. The number of aliphatic hydroxyl groups is 1. The fourth-order valence-corrected chi connectivity index (χ4v) is 2.29. The van der Waals surface area contributed by atoms with Crippen LogP contribution < -0.4 is 0 Å². The molecule has 0 radical (unpaired) electrons. The zero-order valence-corrected chi connectivity index (χ0v) is 9.95. The van der Waals surface area contributed by atoms with Crippen LogP contribution in [0.2, 0.25) is 0 Å². The third kappa shape index (κ3) is 19.0. The molecule has 0 aliphatic heterocycles. The molecule has 15 heavy (non-hydrogen) atoms. The molecule has 0 bridgehead atoms. The minimum absolute atomic E-state index is 0. The summed E-state index contributed by atoms with van der Waals surface area (Å²) in [6.07, 6.45) is 0. The van der Waals surface area contributed by atoms with E-state index in [1.54, 1.807) is 0 Å². The van der Waals surface area contributed by atoms with E-state index in [0.29, 0.717) is 0 Å². The number of hydrogen-bond acceptors (Lipinski definition) is 5. The van der Waals surface area contributed by atoms with Gasteiger partial charge in [0.2, 0.25) is 5.02 Å². The molecular formula is C2H9Cl2KO8P2. The summed E-state index contributed by atoms with van der Waals surface area (Å²) in [6.45, 7) is 0. The van der Waals surface area contributed by atoms with E-state index in [4.69, 9.17) is 43.0 Å². The summed E-state index contributed by atoms with van der Waals surface area (Å²) in [5.41, 5.74) is 0. The van der Waals surface area contributed by atoms with E-state index in [-0.39, 0.29) is 51.4 Å². The number of hydrogen-bond donors (Lipinski definition) is 4. The summed E-state index contributed by atoms with van der Waals surface area (Å²) >= 11 is 9.74. The predicted molar refractivity (Wildman–Crippen MR) is 54.8 cm³/mol. The second-order valence-corrected chi connectivity index (χ2v) is 5.21. The molecular weight excluding hydrogens is 324 g/mol. The van der Waals surface area contributed by atoms with Gasteiger partial charge in [0.05, 0.1) is 0 Å². The normalized spacial score (nSPS) is 14.7. The van der Waals surface area contributed by atoms with Gasteiger partial charge < -0.3 is 19.8 Å². The van der Waals surface area contributed by atoms with Gasteiger partial charge in [0.25, 0.3) is 0 Å². The molecule has 90 valence electrons. The molecule has 0 aromatic rings. The van der Waals surface area contributed by atoms with E-state index >= 15 is 0 Å². The van der Waals surface area contributed by atoms with Crippen molar-refractivity contribution < 1.29 is 37.8 Å². The van der Waals surface area contributed by atoms with Crippen LogP contribution in [0.1, 0.15) is 0 Å². The summed E-state index contributed by atoms with van der Waals surface area (Å²) in [5, 5.41) is 5.28.